The van der Waals surface area contributed by atoms with Gasteiger partial charge in [-0.3, -0.25) is 0 Å². The molecule has 0 aliphatic heterocycles. The van der Waals surface area contributed by atoms with Gasteiger partial charge in [-0.2, -0.15) is 0 Å². The van der Waals surface area contributed by atoms with Crippen LogP contribution in [0.3, 0.4) is 0 Å². The van der Waals surface area contributed by atoms with Crippen LogP contribution in [0.15, 0.2) is 5.11 Å². The van der Waals surface area contributed by atoms with Crippen molar-refractivity contribution in [2.24, 2.45) is 5.11 Å². The Morgan fingerprint density at radius 1 is 1.07 bits per heavy atom. The first-order valence-corrected chi connectivity index (χ1v) is 5.43. The van der Waals surface area contributed by atoms with E-state index < -0.39 is 0 Å². The first kappa shape index (κ1) is 12.9. The Labute approximate surface area is 86.5 Å². The van der Waals surface area contributed by atoms with Crippen molar-refractivity contribution in [3.8, 4) is 12.0 Å². The summed E-state index contributed by atoms with van der Waals surface area (Å²) >= 11 is 0. The Bertz CT molecular complexity index is 218. The molecular formula is C11H19N3. The number of hydrogen-bond acceptors (Lipinski definition) is 1. The van der Waals surface area contributed by atoms with Crippen molar-refractivity contribution in [2.75, 3.05) is 0 Å². The summed E-state index contributed by atoms with van der Waals surface area (Å²) in [5.74, 6) is 2.82. The van der Waals surface area contributed by atoms with E-state index in [1.807, 2.05) is 0 Å². The molecule has 0 N–H and O–H groups in total. The summed E-state index contributed by atoms with van der Waals surface area (Å²) in [4.78, 5) is 2.55. The zero-order valence-corrected chi connectivity index (χ0v) is 9.00. The molecule has 0 saturated heterocycles. The molecule has 0 spiro atoms. The molecule has 0 aromatic rings. The molecule has 0 rings (SSSR count). The number of unbranched alkanes of at least 4 members (excludes halogenated alkanes) is 7. The summed E-state index contributed by atoms with van der Waals surface area (Å²) in [6.07, 6.45) is 9.90. The van der Waals surface area contributed by atoms with Crippen LogP contribution in [0.5, 0.6) is 0 Å². The molecule has 0 fully saturated rings. The van der Waals surface area contributed by atoms with E-state index in [9.17, 15) is 0 Å². The number of azide groups is 1. The van der Waals surface area contributed by atoms with Gasteiger partial charge in [-0.05, 0) is 23.1 Å². The molecule has 0 heterocycles. The van der Waals surface area contributed by atoms with Gasteiger partial charge in [-0.25, -0.2) is 0 Å². The number of hydrogen-bond donors (Lipinski definition) is 0. The smallest absolute Gasteiger partial charge is 0.0127 e. The molecule has 0 radical (unpaired) electrons. The predicted octanol–water partition coefficient (Wildman–Crippen LogP) is 4.40. The summed E-state index contributed by atoms with van der Waals surface area (Å²) in [7, 11) is 0. The molecule has 0 aliphatic rings. The van der Waals surface area contributed by atoms with Crippen LogP contribution in [0.25, 0.3) is 10.4 Å². The van der Waals surface area contributed by atoms with E-state index in [2.05, 4.69) is 28.9 Å². The number of rotatable bonds is 7. The SMILES string of the molecule is CCCCCCCCCC#CN=[N+]=[N-]. The van der Waals surface area contributed by atoms with Crippen molar-refractivity contribution in [2.45, 2.75) is 58.3 Å². The molecule has 3 heteroatoms. The van der Waals surface area contributed by atoms with E-state index in [0.29, 0.717) is 0 Å². The maximum absolute atomic E-state index is 7.95. The second-order valence-electron chi connectivity index (χ2n) is 3.35. The van der Waals surface area contributed by atoms with Gasteiger partial charge in [0.05, 0.1) is 0 Å². The van der Waals surface area contributed by atoms with Gasteiger partial charge >= 0.3 is 0 Å². The Kier molecular flexibility index (Phi) is 10.9. The highest BCUT2D eigenvalue weighted by Gasteiger charge is 1.88. The molecule has 0 aromatic carbocycles. The lowest BCUT2D eigenvalue weighted by Crippen LogP contribution is -1.78. The van der Waals surface area contributed by atoms with Crippen molar-refractivity contribution >= 4 is 0 Å². The monoisotopic (exact) mass is 193 g/mol. The van der Waals surface area contributed by atoms with E-state index in [1.54, 1.807) is 0 Å². The van der Waals surface area contributed by atoms with E-state index in [4.69, 9.17) is 5.53 Å². The van der Waals surface area contributed by atoms with Crippen LogP contribution >= 0.6 is 0 Å². The van der Waals surface area contributed by atoms with Crippen molar-refractivity contribution in [1.29, 1.82) is 0 Å². The molecule has 14 heavy (non-hydrogen) atoms. The van der Waals surface area contributed by atoms with Crippen molar-refractivity contribution in [3.05, 3.63) is 10.4 Å². The van der Waals surface area contributed by atoms with Crippen LogP contribution in [-0.4, -0.2) is 0 Å². The van der Waals surface area contributed by atoms with Crippen LogP contribution in [-0.2, 0) is 0 Å². The zero-order valence-electron chi connectivity index (χ0n) is 9.00. The zero-order chi connectivity index (χ0) is 10.5. The summed E-state index contributed by atoms with van der Waals surface area (Å²) in [6, 6.07) is 2.40. The molecule has 0 amide bonds. The van der Waals surface area contributed by atoms with E-state index >= 15 is 0 Å². The lowest BCUT2D eigenvalue weighted by molar-refractivity contribution is 0.594. The normalized spacial score (nSPS) is 8.64. The minimum Gasteiger partial charge on any atom is -0.0954 e. The molecule has 0 aromatic heterocycles. The van der Waals surface area contributed by atoms with Crippen molar-refractivity contribution in [1.82, 2.24) is 0 Å². The second-order valence-corrected chi connectivity index (χ2v) is 3.35. The highest BCUT2D eigenvalue weighted by Crippen LogP contribution is 2.07. The molecule has 0 atom stereocenters. The molecule has 0 unspecified atom stereocenters. The Morgan fingerprint density at radius 2 is 1.71 bits per heavy atom. The minimum atomic E-state index is 0.854. The Morgan fingerprint density at radius 3 is 2.36 bits per heavy atom. The van der Waals surface area contributed by atoms with E-state index in [0.717, 1.165) is 12.8 Å². The van der Waals surface area contributed by atoms with Crippen LogP contribution in [0.2, 0.25) is 0 Å². The van der Waals surface area contributed by atoms with Gasteiger partial charge in [0.25, 0.3) is 0 Å². The second kappa shape index (κ2) is 11.9. The standard InChI is InChI=1S/C11H19N3/c1-2-3-4-5-6-7-8-9-10-11-13-14-12/h2-9H2,1H3. The Balaban J connectivity index is 3.07. The molecule has 78 valence electrons. The fourth-order valence-electron chi connectivity index (χ4n) is 1.28. The molecule has 0 aliphatic carbocycles. The topological polar surface area (TPSA) is 48.8 Å². The highest BCUT2D eigenvalue weighted by molar-refractivity contribution is 4.96. The first-order chi connectivity index (χ1) is 6.91. The van der Waals surface area contributed by atoms with Gasteiger partial charge in [0.1, 0.15) is 0 Å². The third-order valence-corrected chi connectivity index (χ3v) is 2.08. The third-order valence-electron chi connectivity index (χ3n) is 2.08. The third kappa shape index (κ3) is 10.9. The van der Waals surface area contributed by atoms with Gasteiger partial charge in [0, 0.05) is 11.3 Å². The summed E-state index contributed by atoms with van der Waals surface area (Å²) in [5, 5.41) is 3.15. The molecule has 0 bridgehead atoms. The van der Waals surface area contributed by atoms with Gasteiger partial charge in [0.15, 0.2) is 0 Å². The minimum absolute atomic E-state index is 0.854. The molecule has 3 nitrogen and oxygen atoms in total. The van der Waals surface area contributed by atoms with Crippen LogP contribution in [0.1, 0.15) is 58.3 Å². The summed E-state index contributed by atoms with van der Waals surface area (Å²) in [5.41, 5.74) is 7.95. The fraction of sp³-hybridized carbons (Fsp3) is 0.818. The average molecular weight is 193 g/mol. The van der Waals surface area contributed by atoms with Gasteiger partial charge in [0.2, 0.25) is 0 Å². The van der Waals surface area contributed by atoms with Crippen LogP contribution < -0.4 is 0 Å². The van der Waals surface area contributed by atoms with E-state index in [1.165, 1.54) is 38.5 Å². The van der Waals surface area contributed by atoms with Gasteiger partial charge in [-0.1, -0.05) is 51.4 Å². The Hall–Kier alpha value is -1.13. The first-order valence-electron chi connectivity index (χ1n) is 5.43. The van der Waals surface area contributed by atoms with Gasteiger partial charge in [-0.15, -0.1) is 0 Å². The average Bonchev–Trinajstić information content (AvgIpc) is 2.21. The lowest BCUT2D eigenvalue weighted by atomic mass is 10.1. The summed E-state index contributed by atoms with van der Waals surface area (Å²) < 4.78 is 0. The molecule has 0 saturated carbocycles. The maximum Gasteiger partial charge on any atom is 0.0127 e. The predicted molar refractivity (Wildman–Crippen MR) is 59.5 cm³/mol. The van der Waals surface area contributed by atoms with Crippen LogP contribution in [0, 0.1) is 12.0 Å². The number of nitrogens with zero attached hydrogens (tertiary/aromatic N) is 3. The van der Waals surface area contributed by atoms with Gasteiger partial charge < -0.3 is 0 Å². The highest BCUT2D eigenvalue weighted by atomic mass is 15.1. The van der Waals surface area contributed by atoms with Crippen LogP contribution in [0.4, 0.5) is 0 Å². The fourth-order valence-corrected chi connectivity index (χ4v) is 1.28. The summed E-state index contributed by atoms with van der Waals surface area (Å²) in [6.45, 7) is 2.23. The maximum atomic E-state index is 7.95. The quantitative estimate of drug-likeness (QED) is 0.189. The molecular weight excluding hydrogens is 174 g/mol. The largest absolute Gasteiger partial charge is 0.0954 e. The van der Waals surface area contributed by atoms with Crippen molar-refractivity contribution in [3.63, 3.8) is 0 Å². The van der Waals surface area contributed by atoms with E-state index in [-0.39, 0.29) is 0 Å². The van der Waals surface area contributed by atoms with Crippen molar-refractivity contribution < 1.29 is 0 Å². The lowest BCUT2D eigenvalue weighted by Gasteiger charge is -1.97.